The lowest BCUT2D eigenvalue weighted by Gasteiger charge is -2.06. The highest BCUT2D eigenvalue weighted by molar-refractivity contribution is 5.90. The summed E-state index contributed by atoms with van der Waals surface area (Å²) in [7, 11) is 0. The summed E-state index contributed by atoms with van der Waals surface area (Å²) in [5.41, 5.74) is 0.285. The molecule has 1 rings (SSSR count). The van der Waals surface area contributed by atoms with Gasteiger partial charge < -0.3 is 5.32 Å². The number of carbonyl (C=O) groups is 1. The predicted molar refractivity (Wildman–Crippen MR) is 59.1 cm³/mol. The van der Waals surface area contributed by atoms with E-state index >= 15 is 0 Å². The lowest BCUT2D eigenvalue weighted by Crippen LogP contribution is -2.12. The Morgan fingerprint density at radius 2 is 2.00 bits per heavy atom. The van der Waals surface area contributed by atoms with Gasteiger partial charge in [0.25, 0.3) is 0 Å². The molecule has 0 aliphatic carbocycles. The number of hydrogen-bond acceptors (Lipinski definition) is 1. The van der Waals surface area contributed by atoms with Gasteiger partial charge in [-0.25, -0.2) is 8.78 Å². The summed E-state index contributed by atoms with van der Waals surface area (Å²) < 4.78 is 25.4. The fraction of sp³-hybridized carbons (Fsp3) is 0.417. The van der Waals surface area contributed by atoms with E-state index in [0.717, 1.165) is 18.6 Å². The molecule has 0 aromatic heterocycles. The summed E-state index contributed by atoms with van der Waals surface area (Å²) in [6.07, 6.45) is 1.16. The smallest absolute Gasteiger partial charge is 0.224 e. The van der Waals surface area contributed by atoms with E-state index in [-0.39, 0.29) is 11.6 Å². The average molecular weight is 227 g/mol. The van der Waals surface area contributed by atoms with E-state index < -0.39 is 11.6 Å². The molecule has 2 nitrogen and oxygen atoms in total. The minimum absolute atomic E-state index is 0.181. The zero-order valence-corrected chi connectivity index (χ0v) is 9.39. The van der Waals surface area contributed by atoms with Crippen LogP contribution in [-0.2, 0) is 4.79 Å². The molecule has 0 radical (unpaired) electrons. The number of nitrogens with one attached hydrogen (secondary N) is 1. The molecule has 88 valence electrons. The van der Waals surface area contributed by atoms with Crippen LogP contribution in [0.15, 0.2) is 18.2 Å². The third kappa shape index (κ3) is 3.96. The highest BCUT2D eigenvalue weighted by Gasteiger charge is 2.06. The number of rotatable bonds is 4. The largest absolute Gasteiger partial charge is 0.326 e. The van der Waals surface area contributed by atoms with E-state index in [0.29, 0.717) is 12.3 Å². The van der Waals surface area contributed by atoms with Gasteiger partial charge in [0, 0.05) is 18.2 Å². The van der Waals surface area contributed by atoms with Crippen LogP contribution in [0, 0.1) is 17.6 Å². The lowest BCUT2D eigenvalue weighted by atomic mass is 10.1. The van der Waals surface area contributed by atoms with Crippen LogP contribution in [0.3, 0.4) is 0 Å². The molecular weight excluding hydrogens is 212 g/mol. The van der Waals surface area contributed by atoms with Crippen LogP contribution in [0.5, 0.6) is 0 Å². The lowest BCUT2D eigenvalue weighted by molar-refractivity contribution is -0.116. The molecule has 0 bridgehead atoms. The summed E-state index contributed by atoms with van der Waals surface area (Å²) in [4.78, 5) is 11.4. The fourth-order valence-electron chi connectivity index (χ4n) is 1.22. The molecule has 0 aliphatic rings. The van der Waals surface area contributed by atoms with Crippen molar-refractivity contribution in [2.45, 2.75) is 26.7 Å². The molecular formula is C12H15F2NO. The van der Waals surface area contributed by atoms with Gasteiger partial charge in [0.1, 0.15) is 0 Å². The molecule has 0 spiro atoms. The monoisotopic (exact) mass is 227 g/mol. The molecule has 4 heteroatoms. The molecule has 16 heavy (non-hydrogen) atoms. The van der Waals surface area contributed by atoms with Crippen LogP contribution in [0.25, 0.3) is 0 Å². The van der Waals surface area contributed by atoms with Crippen molar-refractivity contribution in [3.05, 3.63) is 29.8 Å². The van der Waals surface area contributed by atoms with Gasteiger partial charge in [-0.15, -0.1) is 0 Å². The Morgan fingerprint density at radius 1 is 1.31 bits per heavy atom. The van der Waals surface area contributed by atoms with Crippen molar-refractivity contribution in [1.82, 2.24) is 0 Å². The van der Waals surface area contributed by atoms with E-state index in [4.69, 9.17) is 0 Å². The van der Waals surface area contributed by atoms with E-state index in [1.807, 2.05) is 13.8 Å². The molecule has 0 saturated carbocycles. The van der Waals surface area contributed by atoms with Crippen molar-refractivity contribution < 1.29 is 13.6 Å². The highest BCUT2D eigenvalue weighted by atomic mass is 19.2. The second kappa shape index (κ2) is 5.58. The third-order valence-electron chi connectivity index (χ3n) is 2.15. The van der Waals surface area contributed by atoms with Crippen LogP contribution in [-0.4, -0.2) is 5.91 Å². The van der Waals surface area contributed by atoms with Gasteiger partial charge in [-0.05, 0) is 24.5 Å². The normalized spacial score (nSPS) is 10.6. The quantitative estimate of drug-likeness (QED) is 0.839. The van der Waals surface area contributed by atoms with Crippen molar-refractivity contribution in [1.29, 1.82) is 0 Å². The maximum absolute atomic E-state index is 12.8. The molecule has 0 fully saturated rings. The molecule has 1 aromatic carbocycles. The minimum atomic E-state index is -0.957. The van der Waals surface area contributed by atoms with Gasteiger partial charge in [0.05, 0.1) is 0 Å². The Labute approximate surface area is 93.7 Å². The molecule has 0 atom stereocenters. The van der Waals surface area contributed by atoms with Crippen LogP contribution in [0.4, 0.5) is 14.5 Å². The van der Waals surface area contributed by atoms with Crippen molar-refractivity contribution >= 4 is 11.6 Å². The molecule has 1 aromatic rings. The predicted octanol–water partition coefficient (Wildman–Crippen LogP) is 3.34. The second-order valence-electron chi connectivity index (χ2n) is 4.11. The van der Waals surface area contributed by atoms with Crippen LogP contribution < -0.4 is 5.32 Å². The van der Waals surface area contributed by atoms with Gasteiger partial charge in [0.2, 0.25) is 5.91 Å². The third-order valence-corrected chi connectivity index (χ3v) is 2.15. The molecule has 0 unspecified atom stereocenters. The number of halogens is 2. The van der Waals surface area contributed by atoms with E-state index in [1.54, 1.807) is 0 Å². The van der Waals surface area contributed by atoms with Crippen LogP contribution in [0.1, 0.15) is 26.7 Å². The van der Waals surface area contributed by atoms with E-state index in [9.17, 15) is 13.6 Å². The first-order chi connectivity index (χ1) is 7.49. The summed E-state index contributed by atoms with van der Waals surface area (Å²) in [5, 5.41) is 2.52. The Bertz CT molecular complexity index is 377. The van der Waals surface area contributed by atoms with Gasteiger partial charge >= 0.3 is 0 Å². The molecule has 1 amide bonds. The Morgan fingerprint density at radius 3 is 2.56 bits per heavy atom. The first-order valence-electron chi connectivity index (χ1n) is 5.24. The number of hydrogen-bond donors (Lipinski definition) is 1. The molecule has 0 saturated heterocycles. The Kier molecular flexibility index (Phi) is 4.40. The maximum atomic E-state index is 12.8. The highest BCUT2D eigenvalue weighted by Crippen LogP contribution is 2.14. The number of carbonyl (C=O) groups excluding carboxylic acids is 1. The standard InChI is InChI=1S/C12H15F2NO/c1-8(2)3-6-12(16)15-9-4-5-10(13)11(14)7-9/h4-5,7-8H,3,6H2,1-2H3,(H,15,16). The summed E-state index contributed by atoms with van der Waals surface area (Å²) in [5.74, 6) is -1.61. The average Bonchev–Trinajstić information content (AvgIpc) is 2.21. The Balaban J connectivity index is 2.53. The van der Waals surface area contributed by atoms with Crippen molar-refractivity contribution in [3.8, 4) is 0 Å². The first-order valence-corrected chi connectivity index (χ1v) is 5.24. The minimum Gasteiger partial charge on any atom is -0.326 e. The van der Waals surface area contributed by atoms with Gasteiger partial charge in [-0.3, -0.25) is 4.79 Å². The van der Waals surface area contributed by atoms with E-state index in [2.05, 4.69) is 5.32 Å². The molecule has 0 aliphatic heterocycles. The first kappa shape index (κ1) is 12.6. The van der Waals surface area contributed by atoms with Crippen molar-refractivity contribution in [3.63, 3.8) is 0 Å². The van der Waals surface area contributed by atoms with Crippen LogP contribution >= 0.6 is 0 Å². The van der Waals surface area contributed by atoms with E-state index in [1.165, 1.54) is 6.07 Å². The van der Waals surface area contributed by atoms with Gasteiger partial charge in [-0.2, -0.15) is 0 Å². The number of anilines is 1. The number of amides is 1. The maximum Gasteiger partial charge on any atom is 0.224 e. The zero-order valence-electron chi connectivity index (χ0n) is 9.39. The Hall–Kier alpha value is -1.45. The SMILES string of the molecule is CC(C)CCC(=O)Nc1ccc(F)c(F)c1. The fourth-order valence-corrected chi connectivity index (χ4v) is 1.22. The summed E-state index contributed by atoms with van der Waals surface area (Å²) in [6, 6.07) is 3.31. The summed E-state index contributed by atoms with van der Waals surface area (Å²) in [6.45, 7) is 4.04. The van der Waals surface area contributed by atoms with Crippen molar-refractivity contribution in [2.75, 3.05) is 5.32 Å². The van der Waals surface area contributed by atoms with Gasteiger partial charge in [-0.1, -0.05) is 13.8 Å². The number of benzene rings is 1. The zero-order chi connectivity index (χ0) is 12.1. The van der Waals surface area contributed by atoms with Gasteiger partial charge in [0.15, 0.2) is 11.6 Å². The van der Waals surface area contributed by atoms with Crippen LogP contribution in [0.2, 0.25) is 0 Å². The topological polar surface area (TPSA) is 29.1 Å². The second-order valence-corrected chi connectivity index (χ2v) is 4.11. The molecule has 1 N–H and O–H groups in total. The summed E-state index contributed by atoms with van der Waals surface area (Å²) >= 11 is 0. The molecule has 0 heterocycles. The van der Waals surface area contributed by atoms with Crippen molar-refractivity contribution in [2.24, 2.45) is 5.92 Å².